The Hall–Kier alpha value is -3.47. The summed E-state index contributed by atoms with van der Waals surface area (Å²) in [6.45, 7) is 1.47. The molecule has 0 aliphatic heterocycles. The Kier molecular flexibility index (Phi) is 15.4. The van der Waals surface area contributed by atoms with Crippen LogP contribution in [-0.4, -0.2) is 117 Å². The first-order valence-corrected chi connectivity index (χ1v) is 19.7. The summed E-state index contributed by atoms with van der Waals surface area (Å²) in [4.78, 5) is 31.6. The summed E-state index contributed by atoms with van der Waals surface area (Å²) in [6.07, 6.45) is 0.578. The SMILES string of the molecule is CCOC(=O)NCCN(CCCCSc1ccc(Cl)c(COC2(c3cnccc3-c3ccccc3OC3CC3)CC2)c1)C(=O)C(O)C(O)C(O)C(O)CO. The van der Waals surface area contributed by atoms with Crippen molar-refractivity contribution in [2.75, 3.05) is 38.6 Å². The van der Waals surface area contributed by atoms with Gasteiger partial charge in [-0.1, -0.05) is 29.8 Å². The highest BCUT2D eigenvalue weighted by Crippen LogP contribution is 2.53. The number of carbonyl (C=O) groups excluding carboxylic acids is 2. The fourth-order valence-electron chi connectivity index (χ4n) is 5.98. The van der Waals surface area contributed by atoms with Crippen molar-refractivity contribution in [3.8, 4) is 16.9 Å². The van der Waals surface area contributed by atoms with E-state index >= 15 is 0 Å². The Balaban J connectivity index is 1.16. The fraction of sp³-hybridized carbons (Fsp3) is 0.513. The number of para-hydroxylation sites is 1. The van der Waals surface area contributed by atoms with E-state index in [0.717, 1.165) is 58.6 Å². The molecule has 13 nitrogen and oxygen atoms in total. The van der Waals surface area contributed by atoms with Gasteiger partial charge in [0.1, 0.15) is 24.1 Å². The molecule has 2 amide bonds. The number of nitrogens with zero attached hydrogens (tertiary/aromatic N) is 2. The molecule has 15 heteroatoms. The van der Waals surface area contributed by atoms with Crippen LogP contribution in [-0.2, 0) is 26.5 Å². The number of nitrogens with one attached hydrogen (secondary N) is 1. The Labute approximate surface area is 324 Å². The number of rotatable bonds is 22. The number of amides is 2. The Morgan fingerprint density at radius 2 is 1.81 bits per heavy atom. The van der Waals surface area contributed by atoms with Gasteiger partial charge in [-0.3, -0.25) is 9.78 Å². The van der Waals surface area contributed by atoms with E-state index in [1.165, 1.54) is 4.90 Å². The molecule has 2 aromatic carbocycles. The lowest BCUT2D eigenvalue weighted by molar-refractivity contribution is -0.158. The van der Waals surface area contributed by atoms with Crippen LogP contribution in [0, 0.1) is 0 Å². The normalized spacial score (nSPS) is 16.9. The third kappa shape index (κ3) is 11.3. The van der Waals surface area contributed by atoms with Crippen LogP contribution in [0.5, 0.6) is 5.75 Å². The van der Waals surface area contributed by atoms with Crippen LogP contribution in [0.1, 0.15) is 56.6 Å². The second kappa shape index (κ2) is 19.9. The van der Waals surface area contributed by atoms with Crippen LogP contribution in [0.25, 0.3) is 11.1 Å². The fourth-order valence-corrected chi connectivity index (χ4v) is 7.13. The minimum atomic E-state index is -2.07. The second-order valence-corrected chi connectivity index (χ2v) is 15.1. The number of aliphatic hydroxyl groups is 5. The van der Waals surface area contributed by atoms with Crippen molar-refractivity contribution in [2.45, 2.75) is 93.1 Å². The third-order valence-corrected chi connectivity index (χ3v) is 10.8. The van der Waals surface area contributed by atoms with Crippen molar-refractivity contribution in [1.82, 2.24) is 15.2 Å². The van der Waals surface area contributed by atoms with Gasteiger partial charge in [0.15, 0.2) is 6.10 Å². The van der Waals surface area contributed by atoms with E-state index in [0.29, 0.717) is 30.2 Å². The molecule has 0 bridgehead atoms. The molecule has 4 atom stereocenters. The van der Waals surface area contributed by atoms with Gasteiger partial charge in [-0.15, -0.1) is 11.8 Å². The average molecular weight is 788 g/mol. The third-order valence-electron chi connectivity index (χ3n) is 9.37. The number of aliphatic hydroxyl groups excluding tert-OH is 5. The number of halogens is 1. The highest BCUT2D eigenvalue weighted by molar-refractivity contribution is 7.99. The van der Waals surface area contributed by atoms with Crippen LogP contribution < -0.4 is 10.1 Å². The lowest BCUT2D eigenvalue weighted by Gasteiger charge is -2.30. The molecule has 2 aliphatic carbocycles. The van der Waals surface area contributed by atoms with Crippen LogP contribution >= 0.6 is 23.4 Å². The Morgan fingerprint density at radius 1 is 1.04 bits per heavy atom. The topological polar surface area (TPSA) is 191 Å². The number of carbonyl (C=O) groups is 2. The monoisotopic (exact) mass is 787 g/mol. The molecule has 0 saturated heterocycles. The van der Waals surface area contributed by atoms with E-state index in [1.807, 2.05) is 48.7 Å². The van der Waals surface area contributed by atoms with Gasteiger partial charge in [0.25, 0.3) is 5.91 Å². The van der Waals surface area contributed by atoms with Crippen molar-refractivity contribution in [2.24, 2.45) is 0 Å². The van der Waals surface area contributed by atoms with Crippen molar-refractivity contribution in [3.05, 3.63) is 77.1 Å². The maximum Gasteiger partial charge on any atom is 0.407 e. The largest absolute Gasteiger partial charge is 0.490 e. The molecule has 2 aliphatic rings. The van der Waals surface area contributed by atoms with E-state index in [4.69, 9.17) is 30.9 Å². The zero-order valence-corrected chi connectivity index (χ0v) is 31.9. The molecule has 54 heavy (non-hydrogen) atoms. The predicted octanol–water partition coefficient (Wildman–Crippen LogP) is 4.03. The van der Waals surface area contributed by atoms with Gasteiger partial charge in [-0.25, -0.2) is 4.79 Å². The Bertz CT molecular complexity index is 1690. The smallest absolute Gasteiger partial charge is 0.407 e. The molecule has 5 rings (SSSR count). The molecule has 2 fully saturated rings. The highest BCUT2D eigenvalue weighted by Gasteiger charge is 2.48. The molecular formula is C39H50ClN3O10S. The number of hydrogen-bond acceptors (Lipinski definition) is 12. The van der Waals surface area contributed by atoms with Gasteiger partial charge < -0.3 is 50.0 Å². The number of thioether (sulfide) groups is 1. The number of ether oxygens (including phenoxy) is 3. The maximum absolute atomic E-state index is 13.1. The van der Waals surface area contributed by atoms with Gasteiger partial charge in [0.05, 0.1) is 31.5 Å². The van der Waals surface area contributed by atoms with Crippen molar-refractivity contribution < 1.29 is 49.3 Å². The summed E-state index contributed by atoms with van der Waals surface area (Å²) in [7, 11) is 0. The number of hydrogen-bond donors (Lipinski definition) is 6. The van der Waals surface area contributed by atoms with Gasteiger partial charge in [0, 0.05) is 53.1 Å². The molecule has 3 aromatic rings. The molecule has 2 saturated carbocycles. The van der Waals surface area contributed by atoms with Gasteiger partial charge in [-0.2, -0.15) is 0 Å². The van der Waals surface area contributed by atoms with E-state index in [1.54, 1.807) is 24.9 Å². The van der Waals surface area contributed by atoms with E-state index in [-0.39, 0.29) is 32.3 Å². The summed E-state index contributed by atoms with van der Waals surface area (Å²) in [5.74, 6) is 0.672. The van der Waals surface area contributed by atoms with E-state index in [2.05, 4.69) is 16.4 Å². The van der Waals surface area contributed by atoms with E-state index in [9.17, 15) is 30.0 Å². The number of pyridine rings is 1. The number of benzene rings is 2. The van der Waals surface area contributed by atoms with E-state index < -0.39 is 48.6 Å². The number of aromatic nitrogens is 1. The van der Waals surface area contributed by atoms with Crippen LogP contribution in [0.4, 0.5) is 4.79 Å². The average Bonchev–Trinajstić information content (AvgIpc) is 4.14. The van der Waals surface area contributed by atoms with Crippen molar-refractivity contribution in [3.63, 3.8) is 0 Å². The first-order valence-electron chi connectivity index (χ1n) is 18.3. The summed E-state index contributed by atoms with van der Waals surface area (Å²) in [6, 6.07) is 15.9. The summed E-state index contributed by atoms with van der Waals surface area (Å²) < 4.78 is 17.7. The van der Waals surface area contributed by atoms with Crippen LogP contribution in [0.3, 0.4) is 0 Å². The molecule has 6 N–H and O–H groups in total. The first kappa shape index (κ1) is 41.7. The summed E-state index contributed by atoms with van der Waals surface area (Å²) >= 11 is 8.26. The van der Waals surface area contributed by atoms with Gasteiger partial charge >= 0.3 is 6.09 Å². The lowest BCUT2D eigenvalue weighted by atomic mass is 9.96. The Morgan fingerprint density at radius 3 is 2.54 bits per heavy atom. The molecule has 0 spiro atoms. The molecular weight excluding hydrogens is 738 g/mol. The molecule has 1 heterocycles. The molecule has 1 aromatic heterocycles. The maximum atomic E-state index is 13.1. The van der Waals surface area contributed by atoms with Crippen molar-refractivity contribution in [1.29, 1.82) is 0 Å². The number of alkyl carbamates (subject to hydrolysis) is 1. The van der Waals surface area contributed by atoms with Gasteiger partial charge in [0.2, 0.25) is 0 Å². The highest BCUT2D eigenvalue weighted by atomic mass is 35.5. The minimum Gasteiger partial charge on any atom is -0.490 e. The lowest BCUT2D eigenvalue weighted by Crippen LogP contribution is -2.53. The number of unbranched alkanes of at least 4 members (excludes halogenated alkanes) is 1. The zero-order chi connectivity index (χ0) is 38.7. The predicted molar refractivity (Wildman–Crippen MR) is 203 cm³/mol. The van der Waals surface area contributed by atoms with Gasteiger partial charge in [-0.05, 0) is 92.7 Å². The van der Waals surface area contributed by atoms with Crippen molar-refractivity contribution >= 4 is 35.4 Å². The standard InChI is InChI=1S/C39H50ClN3O10S/c1-2-51-38(50)42-17-19-43(37(49)36(48)35(47)34(46)32(45)23-44)18-5-6-20-54-27-11-12-31(40)25(21-27)24-52-39(14-15-39)30-22-41-16-13-28(30)29-7-3-4-8-33(29)53-26-9-10-26/h3-4,7-8,11-13,16,21-22,26,32,34-36,44-48H,2,5-6,9-10,14-15,17-20,23-24H2,1H3,(H,42,50). The second-order valence-electron chi connectivity index (χ2n) is 13.5. The summed E-state index contributed by atoms with van der Waals surface area (Å²) in [5.41, 5.74) is 3.50. The molecule has 0 radical (unpaired) electrons. The quantitative estimate of drug-likeness (QED) is 0.0635. The molecule has 4 unspecified atom stereocenters. The van der Waals surface area contributed by atoms with Crippen LogP contribution in [0.15, 0.2) is 65.8 Å². The minimum absolute atomic E-state index is 0.00343. The summed E-state index contributed by atoms with van der Waals surface area (Å²) in [5, 5.41) is 52.6. The molecule has 294 valence electrons. The van der Waals surface area contributed by atoms with Crippen LogP contribution in [0.2, 0.25) is 5.02 Å². The first-order chi connectivity index (χ1) is 26.1. The zero-order valence-electron chi connectivity index (χ0n) is 30.3.